The summed E-state index contributed by atoms with van der Waals surface area (Å²) >= 11 is 0. The smallest absolute Gasteiger partial charge is 0.0636 e. The second-order valence-electron chi connectivity index (χ2n) is 2.78. The van der Waals surface area contributed by atoms with Crippen LogP contribution in [-0.4, -0.2) is 25.3 Å². The van der Waals surface area contributed by atoms with Crippen LogP contribution in [0.15, 0.2) is 10.2 Å². The van der Waals surface area contributed by atoms with Crippen LogP contribution in [0.1, 0.15) is 12.8 Å². The third-order valence-electron chi connectivity index (χ3n) is 1.89. The normalized spacial score (nSPS) is 26.2. The zero-order chi connectivity index (χ0) is 9.52. The average Bonchev–Trinajstić information content (AvgIpc) is 2.59. The number of hydrogen-bond acceptors (Lipinski definition) is 3. The first kappa shape index (κ1) is 9.67. The Bertz CT molecular complexity index is 228. The molecule has 0 bridgehead atoms. The minimum absolute atomic E-state index is 0.00482. The van der Waals surface area contributed by atoms with Crippen LogP contribution in [0.25, 0.3) is 20.9 Å². The van der Waals surface area contributed by atoms with Gasteiger partial charge in [0.2, 0.25) is 0 Å². The first-order chi connectivity index (χ1) is 6.36. The molecule has 1 heterocycles. The Labute approximate surface area is 74.9 Å². The van der Waals surface area contributed by atoms with Crippen molar-refractivity contribution in [2.75, 3.05) is 13.1 Å². The van der Waals surface area contributed by atoms with Gasteiger partial charge >= 0.3 is 0 Å². The predicted octanol–water partition coefficient (Wildman–Crippen LogP) is 2.15. The number of ether oxygens (including phenoxy) is 1. The van der Waals surface area contributed by atoms with Gasteiger partial charge in [-0.25, -0.2) is 0 Å². The van der Waals surface area contributed by atoms with Crippen LogP contribution in [0.3, 0.4) is 0 Å². The molecule has 0 radical (unpaired) electrons. The van der Waals surface area contributed by atoms with Crippen LogP contribution >= 0.6 is 0 Å². The molecular weight excluding hydrogens is 172 g/mol. The van der Waals surface area contributed by atoms with Crippen molar-refractivity contribution < 1.29 is 4.74 Å². The summed E-state index contributed by atoms with van der Waals surface area (Å²) in [5.74, 6) is 0. The highest BCUT2D eigenvalue weighted by atomic mass is 16.5. The summed E-state index contributed by atoms with van der Waals surface area (Å²) in [6.45, 7) is 0.729. The van der Waals surface area contributed by atoms with Crippen LogP contribution in [0.2, 0.25) is 0 Å². The lowest BCUT2D eigenvalue weighted by Crippen LogP contribution is -2.15. The fourth-order valence-electron chi connectivity index (χ4n) is 1.30. The molecule has 13 heavy (non-hydrogen) atoms. The van der Waals surface area contributed by atoms with E-state index in [4.69, 9.17) is 15.8 Å². The second-order valence-corrected chi connectivity index (χ2v) is 2.78. The molecule has 0 saturated carbocycles. The summed E-state index contributed by atoms with van der Waals surface area (Å²) in [5.41, 5.74) is 16.1. The monoisotopic (exact) mass is 182 g/mol. The molecule has 1 rings (SSSR count). The quantitative estimate of drug-likeness (QED) is 0.370. The van der Waals surface area contributed by atoms with Gasteiger partial charge in [-0.3, -0.25) is 0 Å². The second kappa shape index (κ2) is 5.27. The van der Waals surface area contributed by atoms with Gasteiger partial charge in [-0.05, 0) is 23.9 Å². The molecule has 0 aromatic carbocycles. The van der Waals surface area contributed by atoms with Crippen molar-refractivity contribution >= 4 is 0 Å². The highest BCUT2D eigenvalue weighted by Gasteiger charge is 2.23. The van der Waals surface area contributed by atoms with E-state index in [1.165, 1.54) is 0 Å². The summed E-state index contributed by atoms with van der Waals surface area (Å²) < 4.78 is 5.44. The summed E-state index contributed by atoms with van der Waals surface area (Å²) in [5, 5.41) is 6.84. The fraction of sp³-hybridized carbons (Fsp3) is 1.00. The van der Waals surface area contributed by atoms with Crippen molar-refractivity contribution in [2.24, 2.45) is 10.2 Å². The predicted molar refractivity (Wildman–Crippen MR) is 45.9 cm³/mol. The Morgan fingerprint density at radius 3 is 1.92 bits per heavy atom. The van der Waals surface area contributed by atoms with E-state index in [1.807, 2.05) is 0 Å². The van der Waals surface area contributed by atoms with Crippen molar-refractivity contribution in [2.45, 2.75) is 25.0 Å². The van der Waals surface area contributed by atoms with E-state index >= 15 is 0 Å². The van der Waals surface area contributed by atoms with E-state index in [1.54, 1.807) is 0 Å². The molecule has 7 heteroatoms. The Balaban J connectivity index is 2.27. The first-order valence-corrected chi connectivity index (χ1v) is 4.04. The topological polar surface area (TPSA) is 107 Å². The maximum absolute atomic E-state index is 8.07. The molecule has 0 aliphatic carbocycles. The lowest BCUT2D eigenvalue weighted by Gasteiger charge is -2.08. The molecule has 0 aromatic heterocycles. The highest BCUT2D eigenvalue weighted by molar-refractivity contribution is 4.76. The van der Waals surface area contributed by atoms with E-state index in [9.17, 15) is 0 Å². The SMILES string of the molecule is [N-]=[N+]=NCC1CCC(CN=[N+]=[N-])O1. The average molecular weight is 182 g/mol. The van der Waals surface area contributed by atoms with Crippen molar-refractivity contribution in [3.8, 4) is 0 Å². The zero-order valence-corrected chi connectivity index (χ0v) is 7.07. The minimum Gasteiger partial charge on any atom is -0.375 e. The van der Waals surface area contributed by atoms with Crippen molar-refractivity contribution in [3.63, 3.8) is 0 Å². The van der Waals surface area contributed by atoms with Gasteiger partial charge in [-0.1, -0.05) is 10.2 Å². The zero-order valence-electron chi connectivity index (χ0n) is 7.07. The van der Waals surface area contributed by atoms with Gasteiger partial charge in [-0.15, -0.1) is 0 Å². The Morgan fingerprint density at radius 1 is 1.08 bits per heavy atom. The molecule has 1 aliphatic rings. The van der Waals surface area contributed by atoms with E-state index in [0.29, 0.717) is 13.1 Å². The molecule has 7 nitrogen and oxygen atoms in total. The van der Waals surface area contributed by atoms with Crippen LogP contribution < -0.4 is 0 Å². The lowest BCUT2D eigenvalue weighted by atomic mass is 10.2. The van der Waals surface area contributed by atoms with Gasteiger partial charge in [-0.2, -0.15) is 0 Å². The maximum atomic E-state index is 8.07. The van der Waals surface area contributed by atoms with Crippen molar-refractivity contribution in [1.82, 2.24) is 0 Å². The van der Waals surface area contributed by atoms with E-state index < -0.39 is 0 Å². The summed E-state index contributed by atoms with van der Waals surface area (Å²) in [4.78, 5) is 5.30. The third-order valence-corrected chi connectivity index (χ3v) is 1.89. The van der Waals surface area contributed by atoms with Crippen LogP contribution in [-0.2, 0) is 4.74 Å². The van der Waals surface area contributed by atoms with E-state index in [0.717, 1.165) is 12.8 Å². The Morgan fingerprint density at radius 2 is 1.54 bits per heavy atom. The summed E-state index contributed by atoms with van der Waals surface area (Å²) in [7, 11) is 0. The van der Waals surface area contributed by atoms with Gasteiger partial charge < -0.3 is 4.74 Å². The van der Waals surface area contributed by atoms with E-state index in [-0.39, 0.29) is 12.2 Å². The minimum atomic E-state index is -0.00482. The molecular formula is C6H10N6O. The van der Waals surface area contributed by atoms with Gasteiger partial charge in [0.05, 0.1) is 25.3 Å². The standard InChI is InChI=1S/C6H10N6O/c7-11-9-3-5-1-2-6(13-5)4-10-12-8/h5-6H,1-4H2. The van der Waals surface area contributed by atoms with Gasteiger partial charge in [0.1, 0.15) is 0 Å². The molecule has 2 atom stereocenters. The Kier molecular flexibility index (Phi) is 3.92. The van der Waals surface area contributed by atoms with Crippen LogP contribution in [0.5, 0.6) is 0 Å². The third kappa shape index (κ3) is 3.21. The highest BCUT2D eigenvalue weighted by Crippen LogP contribution is 2.20. The van der Waals surface area contributed by atoms with Crippen molar-refractivity contribution in [3.05, 3.63) is 20.9 Å². The first-order valence-electron chi connectivity index (χ1n) is 4.04. The molecule has 1 fully saturated rings. The molecule has 0 N–H and O–H groups in total. The molecule has 0 amide bonds. The largest absolute Gasteiger partial charge is 0.375 e. The van der Waals surface area contributed by atoms with E-state index in [2.05, 4.69) is 20.1 Å². The molecule has 0 spiro atoms. The van der Waals surface area contributed by atoms with Crippen LogP contribution in [0, 0.1) is 0 Å². The molecule has 70 valence electrons. The molecule has 0 aromatic rings. The maximum Gasteiger partial charge on any atom is 0.0636 e. The van der Waals surface area contributed by atoms with Gasteiger partial charge in [0, 0.05) is 9.82 Å². The summed E-state index contributed by atoms with van der Waals surface area (Å²) in [6.07, 6.45) is 1.72. The lowest BCUT2D eigenvalue weighted by molar-refractivity contribution is 0.0556. The van der Waals surface area contributed by atoms with Crippen molar-refractivity contribution in [1.29, 1.82) is 0 Å². The fourth-order valence-corrected chi connectivity index (χ4v) is 1.30. The molecule has 1 saturated heterocycles. The van der Waals surface area contributed by atoms with Gasteiger partial charge in [0.25, 0.3) is 0 Å². The number of azide groups is 2. The Hall–Kier alpha value is -1.42. The van der Waals surface area contributed by atoms with Gasteiger partial charge in [0.15, 0.2) is 0 Å². The molecule has 1 aliphatic heterocycles. The molecule has 2 unspecified atom stereocenters. The number of hydrogen-bond donors (Lipinski definition) is 0. The number of nitrogens with zero attached hydrogens (tertiary/aromatic N) is 6. The summed E-state index contributed by atoms with van der Waals surface area (Å²) in [6, 6.07) is 0. The number of rotatable bonds is 4. The van der Waals surface area contributed by atoms with Crippen LogP contribution in [0.4, 0.5) is 0 Å².